The minimum atomic E-state index is -1.21. The molecule has 1 aromatic heterocycles. The Bertz CT molecular complexity index is 644. The molecule has 0 bridgehead atoms. The molecule has 0 radical (unpaired) electrons. The Kier molecular flexibility index (Phi) is 4.06. The van der Waals surface area contributed by atoms with Crippen LogP contribution in [0.25, 0.3) is 0 Å². The van der Waals surface area contributed by atoms with Gasteiger partial charge < -0.3 is 14.6 Å². The van der Waals surface area contributed by atoms with E-state index < -0.39 is 5.97 Å². The molecule has 2 N–H and O–H groups in total. The molecule has 7 heteroatoms. The largest absolute Gasteiger partial charge is 0.507 e. The Hall–Kier alpha value is -1.60. The van der Waals surface area contributed by atoms with Crippen LogP contribution in [0.3, 0.4) is 0 Å². The van der Waals surface area contributed by atoms with Crippen LogP contribution in [0.5, 0.6) is 5.75 Å². The quantitative estimate of drug-likeness (QED) is 0.779. The van der Waals surface area contributed by atoms with Crippen LogP contribution in [-0.4, -0.2) is 22.4 Å². The van der Waals surface area contributed by atoms with Gasteiger partial charge in [0.25, 0.3) is 0 Å². The average Bonchev–Trinajstić information content (AvgIpc) is 2.67. The van der Waals surface area contributed by atoms with E-state index in [1.807, 2.05) is 0 Å². The second-order valence-corrected chi connectivity index (χ2v) is 5.11. The zero-order chi connectivity index (χ0) is 14.0. The number of hydrogen-bond acceptors (Lipinski definition) is 4. The van der Waals surface area contributed by atoms with Crippen molar-refractivity contribution in [2.24, 2.45) is 4.99 Å². The maximum atomic E-state index is 10.9. The number of furan rings is 1. The molecule has 0 saturated carbocycles. The third kappa shape index (κ3) is 3.24. The molecular formula is C12H7Br2NO4. The summed E-state index contributed by atoms with van der Waals surface area (Å²) in [6, 6.07) is 5.78. The number of hydrogen-bond donors (Lipinski definition) is 2. The van der Waals surface area contributed by atoms with Crippen molar-refractivity contribution < 1.29 is 19.4 Å². The number of aromatic hydroxyl groups is 1. The van der Waals surface area contributed by atoms with Gasteiger partial charge in [0.15, 0.2) is 4.67 Å². The molecule has 2 aromatic rings. The number of carboxylic acid groups (broad SMARTS) is 1. The molecule has 2 rings (SSSR count). The summed E-state index contributed by atoms with van der Waals surface area (Å²) in [4.78, 5) is 14.9. The fraction of sp³-hybridized carbons (Fsp3) is 0. The summed E-state index contributed by atoms with van der Waals surface area (Å²) >= 11 is 6.47. The van der Waals surface area contributed by atoms with E-state index in [2.05, 4.69) is 36.9 Å². The topological polar surface area (TPSA) is 83.0 Å². The smallest absolute Gasteiger partial charge is 0.339 e. The minimum absolute atomic E-state index is 0.198. The molecule has 1 heterocycles. The highest BCUT2D eigenvalue weighted by Crippen LogP contribution is 2.27. The van der Waals surface area contributed by atoms with Crippen molar-refractivity contribution in [3.63, 3.8) is 0 Å². The van der Waals surface area contributed by atoms with Crippen molar-refractivity contribution in [3.8, 4) is 5.75 Å². The van der Waals surface area contributed by atoms with E-state index in [4.69, 9.17) is 9.52 Å². The monoisotopic (exact) mass is 387 g/mol. The van der Waals surface area contributed by atoms with Gasteiger partial charge in [-0.25, -0.2) is 4.79 Å². The molecule has 0 aliphatic rings. The normalized spacial score (nSPS) is 11.1. The van der Waals surface area contributed by atoms with Gasteiger partial charge in [0.1, 0.15) is 17.1 Å². The first-order chi connectivity index (χ1) is 8.97. The summed E-state index contributed by atoms with van der Waals surface area (Å²) in [6.07, 6.45) is 1.45. The molecule has 0 aliphatic carbocycles. The van der Waals surface area contributed by atoms with Gasteiger partial charge in [-0.3, -0.25) is 4.99 Å². The molecular weight excluding hydrogens is 382 g/mol. The van der Waals surface area contributed by atoms with Crippen LogP contribution < -0.4 is 0 Å². The Morgan fingerprint density at radius 1 is 1.32 bits per heavy atom. The van der Waals surface area contributed by atoms with Crippen LogP contribution in [-0.2, 0) is 0 Å². The molecule has 0 amide bonds. The molecule has 0 saturated heterocycles. The van der Waals surface area contributed by atoms with E-state index in [0.717, 1.165) is 4.47 Å². The summed E-state index contributed by atoms with van der Waals surface area (Å²) in [7, 11) is 0. The Balaban J connectivity index is 2.28. The molecule has 0 spiro atoms. The summed E-state index contributed by atoms with van der Waals surface area (Å²) in [5, 5.41) is 18.2. The van der Waals surface area contributed by atoms with E-state index in [0.29, 0.717) is 16.1 Å². The average molecular weight is 389 g/mol. The van der Waals surface area contributed by atoms with Gasteiger partial charge in [-0.2, -0.15) is 0 Å². The molecule has 0 aliphatic heterocycles. The zero-order valence-electron chi connectivity index (χ0n) is 9.30. The standard InChI is InChI=1S/C12H7Br2NO4/c13-9-4-7(19-11(9)14)5-15-6-1-2-10(16)8(3-6)12(17)18/h1-5,16H,(H,17,18). The lowest BCUT2D eigenvalue weighted by atomic mass is 10.2. The first kappa shape index (κ1) is 13.8. The van der Waals surface area contributed by atoms with Gasteiger partial charge in [-0.15, -0.1) is 0 Å². The molecule has 5 nitrogen and oxygen atoms in total. The maximum absolute atomic E-state index is 10.9. The van der Waals surface area contributed by atoms with Crippen molar-refractivity contribution in [1.29, 1.82) is 0 Å². The Morgan fingerprint density at radius 2 is 2.05 bits per heavy atom. The number of nitrogens with zero attached hydrogens (tertiary/aromatic N) is 1. The van der Waals surface area contributed by atoms with Crippen LogP contribution >= 0.6 is 31.9 Å². The highest BCUT2D eigenvalue weighted by atomic mass is 79.9. The van der Waals surface area contributed by atoms with Crippen LogP contribution in [0.2, 0.25) is 0 Å². The molecule has 0 fully saturated rings. The maximum Gasteiger partial charge on any atom is 0.339 e. The first-order valence-corrected chi connectivity index (χ1v) is 6.61. The van der Waals surface area contributed by atoms with E-state index in [9.17, 15) is 9.90 Å². The lowest BCUT2D eigenvalue weighted by Crippen LogP contribution is -1.95. The number of rotatable bonds is 3. The fourth-order valence-electron chi connectivity index (χ4n) is 1.34. The lowest BCUT2D eigenvalue weighted by Gasteiger charge is -1.99. The van der Waals surface area contributed by atoms with Gasteiger partial charge >= 0.3 is 5.97 Å². The fourth-order valence-corrected chi connectivity index (χ4v) is 1.95. The number of carboxylic acids is 1. The van der Waals surface area contributed by atoms with Crippen LogP contribution in [0, 0.1) is 0 Å². The van der Waals surface area contributed by atoms with E-state index >= 15 is 0 Å². The third-order valence-electron chi connectivity index (χ3n) is 2.22. The number of phenols is 1. The zero-order valence-corrected chi connectivity index (χ0v) is 12.5. The predicted octanol–water partition coefficient (Wildman–Crippen LogP) is 3.96. The molecule has 98 valence electrons. The summed E-state index contributed by atoms with van der Waals surface area (Å²) < 4.78 is 6.59. The van der Waals surface area contributed by atoms with Gasteiger partial charge in [-0.1, -0.05) is 0 Å². The third-order valence-corrected chi connectivity index (χ3v) is 3.93. The van der Waals surface area contributed by atoms with Gasteiger partial charge in [0.05, 0.1) is 16.4 Å². The van der Waals surface area contributed by atoms with Crippen molar-refractivity contribution >= 4 is 49.7 Å². The van der Waals surface area contributed by atoms with Crippen LogP contribution in [0.15, 0.2) is 42.8 Å². The van der Waals surface area contributed by atoms with Gasteiger partial charge in [0, 0.05) is 6.07 Å². The van der Waals surface area contributed by atoms with Gasteiger partial charge in [0.2, 0.25) is 0 Å². The van der Waals surface area contributed by atoms with Crippen LogP contribution in [0.1, 0.15) is 16.1 Å². The molecule has 1 aromatic carbocycles. The number of carbonyl (C=O) groups is 1. The van der Waals surface area contributed by atoms with E-state index in [1.54, 1.807) is 6.07 Å². The number of benzene rings is 1. The highest BCUT2D eigenvalue weighted by molar-refractivity contribution is 9.13. The van der Waals surface area contributed by atoms with Crippen molar-refractivity contribution in [1.82, 2.24) is 0 Å². The minimum Gasteiger partial charge on any atom is -0.507 e. The molecule has 0 unspecified atom stereocenters. The first-order valence-electron chi connectivity index (χ1n) is 5.02. The second kappa shape index (κ2) is 5.58. The number of aliphatic imine (C=N–C) groups is 1. The van der Waals surface area contributed by atoms with Gasteiger partial charge in [-0.05, 0) is 50.1 Å². The van der Waals surface area contributed by atoms with Crippen LogP contribution in [0.4, 0.5) is 5.69 Å². The summed E-state index contributed by atoms with van der Waals surface area (Å²) in [6.45, 7) is 0. The van der Waals surface area contributed by atoms with Crippen molar-refractivity contribution in [3.05, 3.63) is 44.7 Å². The SMILES string of the molecule is O=C(O)c1cc(N=Cc2cc(Br)c(Br)o2)ccc1O. The highest BCUT2D eigenvalue weighted by Gasteiger charge is 2.09. The Labute approximate surface area is 124 Å². The predicted molar refractivity (Wildman–Crippen MR) is 76.4 cm³/mol. The summed E-state index contributed by atoms with van der Waals surface area (Å²) in [5.41, 5.74) is 0.204. The number of aromatic carboxylic acids is 1. The number of halogens is 2. The van der Waals surface area contributed by atoms with E-state index in [1.165, 1.54) is 24.4 Å². The molecule has 0 atom stereocenters. The van der Waals surface area contributed by atoms with Crippen molar-refractivity contribution in [2.75, 3.05) is 0 Å². The molecule has 19 heavy (non-hydrogen) atoms. The van der Waals surface area contributed by atoms with E-state index in [-0.39, 0.29) is 11.3 Å². The van der Waals surface area contributed by atoms with Crippen molar-refractivity contribution in [2.45, 2.75) is 0 Å². The summed E-state index contributed by atoms with van der Waals surface area (Å²) in [5.74, 6) is -1.00. The lowest BCUT2D eigenvalue weighted by molar-refractivity contribution is 0.0694. The second-order valence-electron chi connectivity index (χ2n) is 3.54. The Morgan fingerprint density at radius 3 is 2.63 bits per heavy atom.